The molecule has 0 saturated carbocycles. The summed E-state index contributed by atoms with van der Waals surface area (Å²) in [6, 6.07) is 0. The standard InChI is InChI=1S/C22H42N8O/c1-6-27(3)14-18-8-11-29(16-18)21-24-20(23-10-13-31-5)25-22(26-21)30-12-9-19(17-30)15-28(4)7-2/h18-19H,6-17H2,1-5H3,(H,23,24,25,26). The summed E-state index contributed by atoms with van der Waals surface area (Å²) in [5.41, 5.74) is 0. The number of hydrogen-bond donors (Lipinski definition) is 1. The van der Waals surface area contributed by atoms with Gasteiger partial charge in [0.25, 0.3) is 0 Å². The van der Waals surface area contributed by atoms with Gasteiger partial charge in [0.15, 0.2) is 0 Å². The average Bonchev–Trinajstić information content (AvgIpc) is 3.43. The molecule has 3 rings (SSSR count). The summed E-state index contributed by atoms with van der Waals surface area (Å²) in [4.78, 5) is 23.9. The monoisotopic (exact) mass is 434 g/mol. The van der Waals surface area contributed by atoms with Gasteiger partial charge >= 0.3 is 0 Å². The van der Waals surface area contributed by atoms with Crippen LogP contribution >= 0.6 is 0 Å². The van der Waals surface area contributed by atoms with Gasteiger partial charge in [0.05, 0.1) is 6.61 Å². The Hall–Kier alpha value is -1.71. The molecular formula is C22H42N8O. The first kappa shape index (κ1) is 23.9. The molecule has 2 atom stereocenters. The van der Waals surface area contributed by atoms with Gasteiger partial charge in [0, 0.05) is 52.9 Å². The fourth-order valence-electron chi connectivity index (χ4n) is 4.45. The van der Waals surface area contributed by atoms with Crippen LogP contribution in [-0.4, -0.2) is 111 Å². The van der Waals surface area contributed by atoms with Gasteiger partial charge in [-0.05, 0) is 51.9 Å². The van der Waals surface area contributed by atoms with Crippen molar-refractivity contribution in [2.24, 2.45) is 11.8 Å². The molecule has 31 heavy (non-hydrogen) atoms. The van der Waals surface area contributed by atoms with Gasteiger partial charge in [-0.2, -0.15) is 15.0 Å². The highest BCUT2D eigenvalue weighted by Gasteiger charge is 2.29. The first-order valence-electron chi connectivity index (χ1n) is 11.9. The van der Waals surface area contributed by atoms with E-state index < -0.39 is 0 Å². The smallest absolute Gasteiger partial charge is 0.231 e. The van der Waals surface area contributed by atoms with E-state index >= 15 is 0 Å². The molecule has 0 bridgehead atoms. The summed E-state index contributed by atoms with van der Waals surface area (Å²) in [7, 11) is 6.10. The Balaban J connectivity index is 1.71. The van der Waals surface area contributed by atoms with E-state index in [2.05, 4.69) is 52.9 Å². The molecule has 9 heteroatoms. The van der Waals surface area contributed by atoms with E-state index in [0.717, 1.165) is 64.3 Å². The van der Waals surface area contributed by atoms with Gasteiger partial charge in [-0.25, -0.2) is 0 Å². The van der Waals surface area contributed by atoms with Crippen LogP contribution in [0.1, 0.15) is 26.7 Å². The van der Waals surface area contributed by atoms with Crippen molar-refractivity contribution in [1.82, 2.24) is 24.8 Å². The summed E-state index contributed by atoms with van der Waals surface area (Å²) in [6.07, 6.45) is 2.37. The Kier molecular flexibility index (Phi) is 9.10. The van der Waals surface area contributed by atoms with Crippen LogP contribution in [0, 0.1) is 11.8 Å². The molecule has 0 radical (unpaired) electrons. The summed E-state index contributed by atoms with van der Waals surface area (Å²) >= 11 is 0. The largest absolute Gasteiger partial charge is 0.383 e. The highest BCUT2D eigenvalue weighted by Crippen LogP contribution is 2.27. The first-order valence-corrected chi connectivity index (χ1v) is 11.9. The number of rotatable bonds is 12. The molecule has 0 aliphatic carbocycles. The van der Waals surface area contributed by atoms with Crippen LogP contribution in [0.4, 0.5) is 17.8 Å². The molecule has 176 valence electrons. The lowest BCUT2D eigenvalue weighted by Gasteiger charge is -2.23. The van der Waals surface area contributed by atoms with Crippen molar-refractivity contribution >= 4 is 17.8 Å². The Morgan fingerprint density at radius 3 is 1.87 bits per heavy atom. The van der Waals surface area contributed by atoms with E-state index in [0.29, 0.717) is 30.9 Å². The fourth-order valence-corrected chi connectivity index (χ4v) is 4.45. The van der Waals surface area contributed by atoms with E-state index in [1.807, 2.05) is 0 Å². The van der Waals surface area contributed by atoms with Crippen molar-refractivity contribution < 1.29 is 4.74 Å². The zero-order valence-electron chi connectivity index (χ0n) is 20.2. The van der Waals surface area contributed by atoms with Crippen LogP contribution < -0.4 is 15.1 Å². The molecule has 0 aromatic carbocycles. The molecular weight excluding hydrogens is 392 g/mol. The van der Waals surface area contributed by atoms with Gasteiger partial charge in [-0.1, -0.05) is 13.8 Å². The molecule has 9 nitrogen and oxygen atoms in total. The minimum Gasteiger partial charge on any atom is -0.383 e. The van der Waals surface area contributed by atoms with Crippen molar-refractivity contribution in [3.05, 3.63) is 0 Å². The Morgan fingerprint density at radius 1 is 0.903 bits per heavy atom. The van der Waals surface area contributed by atoms with Crippen LogP contribution in [-0.2, 0) is 4.74 Å². The zero-order chi connectivity index (χ0) is 22.2. The zero-order valence-corrected chi connectivity index (χ0v) is 20.2. The maximum atomic E-state index is 5.18. The van der Waals surface area contributed by atoms with E-state index in [4.69, 9.17) is 19.7 Å². The Bertz CT molecular complexity index is 627. The molecule has 2 fully saturated rings. The normalized spacial score (nSPS) is 21.6. The lowest BCUT2D eigenvalue weighted by molar-refractivity contribution is 0.210. The third kappa shape index (κ3) is 6.89. The van der Waals surface area contributed by atoms with Crippen molar-refractivity contribution in [1.29, 1.82) is 0 Å². The lowest BCUT2D eigenvalue weighted by atomic mass is 10.1. The average molecular weight is 435 g/mol. The van der Waals surface area contributed by atoms with Crippen LogP contribution in [0.15, 0.2) is 0 Å². The number of ether oxygens (including phenoxy) is 1. The van der Waals surface area contributed by atoms with Gasteiger partial charge < -0.3 is 29.7 Å². The minimum atomic E-state index is 0.626. The highest BCUT2D eigenvalue weighted by molar-refractivity contribution is 5.46. The predicted octanol–water partition coefficient (Wildman–Crippen LogP) is 1.49. The van der Waals surface area contributed by atoms with Crippen LogP contribution in [0.2, 0.25) is 0 Å². The number of nitrogens with one attached hydrogen (secondary N) is 1. The molecule has 1 aromatic heterocycles. The Labute approximate surface area is 188 Å². The second kappa shape index (κ2) is 11.8. The van der Waals surface area contributed by atoms with Gasteiger partial charge in [-0.15, -0.1) is 0 Å². The van der Waals surface area contributed by atoms with E-state index in [1.54, 1.807) is 7.11 Å². The van der Waals surface area contributed by atoms with Crippen molar-refractivity contribution in [2.75, 3.05) is 102 Å². The fraction of sp³-hybridized carbons (Fsp3) is 0.864. The van der Waals surface area contributed by atoms with Crippen molar-refractivity contribution in [2.45, 2.75) is 26.7 Å². The lowest BCUT2D eigenvalue weighted by Crippen LogP contribution is -2.31. The predicted molar refractivity (Wildman–Crippen MR) is 127 cm³/mol. The third-order valence-electron chi connectivity index (χ3n) is 6.56. The first-order chi connectivity index (χ1) is 15.0. The van der Waals surface area contributed by atoms with E-state index in [1.165, 1.54) is 12.8 Å². The second-order valence-corrected chi connectivity index (χ2v) is 9.09. The molecule has 2 saturated heterocycles. The topological polar surface area (TPSA) is 72.9 Å². The van der Waals surface area contributed by atoms with Crippen LogP contribution in [0.5, 0.6) is 0 Å². The van der Waals surface area contributed by atoms with Gasteiger partial charge in [0.1, 0.15) is 0 Å². The number of aromatic nitrogens is 3. The van der Waals surface area contributed by atoms with E-state index in [-0.39, 0.29) is 0 Å². The summed E-state index contributed by atoms with van der Waals surface area (Å²) in [5, 5.41) is 3.32. The van der Waals surface area contributed by atoms with Crippen molar-refractivity contribution in [3.8, 4) is 0 Å². The van der Waals surface area contributed by atoms with Gasteiger partial charge in [0.2, 0.25) is 17.8 Å². The van der Waals surface area contributed by atoms with E-state index in [9.17, 15) is 0 Å². The van der Waals surface area contributed by atoms with Gasteiger partial charge in [-0.3, -0.25) is 0 Å². The summed E-state index contributed by atoms with van der Waals surface area (Å²) in [5.74, 6) is 3.59. The molecule has 1 aromatic rings. The van der Waals surface area contributed by atoms with Crippen LogP contribution in [0.25, 0.3) is 0 Å². The molecule has 0 spiro atoms. The Morgan fingerprint density at radius 2 is 1.42 bits per heavy atom. The molecule has 2 unspecified atom stereocenters. The minimum absolute atomic E-state index is 0.626. The SMILES string of the molecule is CCN(C)CC1CCN(c2nc(NCCOC)nc(N3CCC(CN(C)CC)C3)n2)C1. The maximum Gasteiger partial charge on any atom is 0.231 e. The third-order valence-corrected chi connectivity index (χ3v) is 6.56. The summed E-state index contributed by atoms with van der Waals surface area (Å²) in [6.45, 7) is 14.2. The molecule has 3 heterocycles. The van der Waals surface area contributed by atoms with Crippen molar-refractivity contribution in [3.63, 3.8) is 0 Å². The molecule has 2 aliphatic heterocycles. The highest BCUT2D eigenvalue weighted by atomic mass is 16.5. The summed E-state index contributed by atoms with van der Waals surface area (Å²) < 4.78 is 5.18. The second-order valence-electron chi connectivity index (χ2n) is 9.09. The number of methoxy groups -OCH3 is 1. The number of anilines is 3. The molecule has 0 amide bonds. The molecule has 2 aliphatic rings. The quantitative estimate of drug-likeness (QED) is 0.493. The number of hydrogen-bond acceptors (Lipinski definition) is 9. The van der Waals surface area contributed by atoms with Crippen LogP contribution in [0.3, 0.4) is 0 Å². The number of nitrogens with zero attached hydrogens (tertiary/aromatic N) is 7. The maximum absolute atomic E-state index is 5.18. The molecule has 1 N–H and O–H groups in total.